The topological polar surface area (TPSA) is 103 Å². The Morgan fingerprint density at radius 2 is 0.800 bits per heavy atom. The number of fused-ring (bicyclic) bond motifs is 3. The van der Waals surface area contributed by atoms with Crippen LogP contribution in [0.3, 0.4) is 0 Å². The lowest BCUT2D eigenvalue weighted by atomic mass is 10.0. The number of rotatable bonds is 16. The van der Waals surface area contributed by atoms with Crippen molar-refractivity contribution >= 4 is 61.2 Å². The van der Waals surface area contributed by atoms with E-state index in [4.69, 9.17) is 21.6 Å². The summed E-state index contributed by atoms with van der Waals surface area (Å²) in [5, 5.41) is 4.27. The van der Waals surface area contributed by atoms with Crippen LogP contribution in [0.25, 0.3) is 33.1 Å². The van der Waals surface area contributed by atoms with Crippen molar-refractivity contribution in [3.63, 3.8) is 0 Å². The summed E-state index contributed by atoms with van der Waals surface area (Å²) in [6.45, 7) is 37.5. The highest BCUT2D eigenvalue weighted by molar-refractivity contribution is 6.83. The smallest absolute Gasteiger partial charge is 0.171 e. The molecule has 0 amide bonds. The predicted molar refractivity (Wildman–Crippen MR) is 323 cm³/mol. The number of nitrogens with zero attached hydrogens (tertiary/aromatic N) is 8. The van der Waals surface area contributed by atoms with E-state index in [1.807, 2.05) is 61.6 Å². The molecule has 1 N–H and O–H groups in total. The Morgan fingerprint density at radius 1 is 0.427 bits per heavy atom. The molecule has 12 heteroatoms. The SMILES string of the molecule is CC(C)[Si](C(C)C)(C(C)C)n1cc(Cc2ccc(Cl)nc2)c2cccnc21.CC(C)c1ccc(Cc2c[nH]c3ncccc23)cn1.CC(C)c1ccc(Cc2cn([Si](C(C)C)(C(C)C)C(C)C)c3ncccc23)cn1. The quantitative estimate of drug-likeness (QED) is 0.0764. The van der Waals surface area contributed by atoms with Gasteiger partial charge in [-0.2, -0.15) is 0 Å². The van der Waals surface area contributed by atoms with Gasteiger partial charge in [-0.25, -0.2) is 19.9 Å². The van der Waals surface area contributed by atoms with Crippen molar-refractivity contribution in [2.45, 2.75) is 175 Å². The number of nitrogens with one attached hydrogen (secondary N) is 1. The molecular weight excluding hydrogens is 974 g/mol. The summed E-state index contributed by atoms with van der Waals surface area (Å²) in [5.74, 6) is 0.941. The van der Waals surface area contributed by atoms with E-state index < -0.39 is 16.5 Å². The molecule has 9 nitrogen and oxygen atoms in total. The summed E-state index contributed by atoms with van der Waals surface area (Å²) in [6.07, 6.45) is 21.1. The lowest BCUT2D eigenvalue weighted by molar-refractivity contribution is 0.769. The van der Waals surface area contributed by atoms with Gasteiger partial charge in [0.25, 0.3) is 0 Å². The Hall–Kier alpha value is -5.76. The second-order valence-electron chi connectivity index (χ2n) is 23.2. The predicted octanol–water partition coefficient (Wildman–Crippen LogP) is 17.5. The molecule has 0 saturated heterocycles. The van der Waals surface area contributed by atoms with E-state index >= 15 is 0 Å². The first-order valence-electron chi connectivity index (χ1n) is 27.5. The molecule has 0 aliphatic rings. The molecule has 0 radical (unpaired) electrons. The van der Waals surface area contributed by atoms with Crippen LogP contribution < -0.4 is 0 Å². The van der Waals surface area contributed by atoms with Gasteiger partial charge >= 0.3 is 0 Å². The van der Waals surface area contributed by atoms with Crippen LogP contribution in [-0.4, -0.2) is 59.8 Å². The van der Waals surface area contributed by atoms with Crippen LogP contribution in [0.5, 0.6) is 0 Å². The maximum absolute atomic E-state index is 5.96. The normalized spacial score (nSPS) is 12.4. The van der Waals surface area contributed by atoms with Gasteiger partial charge in [0.05, 0.1) is 0 Å². The molecule has 0 aliphatic heterocycles. The summed E-state index contributed by atoms with van der Waals surface area (Å²) in [6, 6.07) is 25.2. The summed E-state index contributed by atoms with van der Waals surface area (Å²) in [5.41, 5.74) is 17.0. The van der Waals surface area contributed by atoms with Crippen molar-refractivity contribution in [3.05, 3.63) is 178 Å². The lowest BCUT2D eigenvalue weighted by Gasteiger charge is -2.44. The monoisotopic (exact) mass is 1060 g/mol. The first-order valence-corrected chi connectivity index (χ1v) is 32.3. The number of hydrogen-bond acceptors (Lipinski definition) is 6. The standard InChI is InChI=1S/C25H37N3Si.C22H30ClN3Si.C16H17N3/c1-17(2)24-12-11-21(15-27-24)14-22-16-28(25-23(22)10-9-13-26-25)29(18(3)4,19(5)6)20(7)8;1-15(2)27(16(3)4,17(5)6)26-14-19(20-8-7-11-24-22(20)26)12-18-9-10-21(23)25-13-18;1-11(2)15-6-5-12(9-18-15)8-13-10-19-16-14(13)4-3-7-17-16/h9-13,15-20H,14H2,1-8H3;7-11,13-17H,12H2,1-6H3;3-7,9-11H,8H2,1-2H3,(H,17,19). The van der Waals surface area contributed by atoms with Crippen molar-refractivity contribution in [3.8, 4) is 0 Å². The van der Waals surface area contributed by atoms with Gasteiger partial charge in [-0.1, -0.05) is 141 Å². The van der Waals surface area contributed by atoms with Gasteiger partial charge in [-0.3, -0.25) is 9.97 Å². The maximum Gasteiger partial charge on any atom is 0.171 e. The second kappa shape index (κ2) is 24.5. The number of pyridine rings is 6. The summed E-state index contributed by atoms with van der Waals surface area (Å²) < 4.78 is 5.23. The van der Waals surface area contributed by atoms with E-state index in [2.05, 4.69) is 211 Å². The highest BCUT2D eigenvalue weighted by atomic mass is 35.5. The minimum atomic E-state index is -1.86. The molecular formula is C63H84ClN9Si2. The summed E-state index contributed by atoms with van der Waals surface area (Å²) >= 11 is 5.96. The maximum atomic E-state index is 5.96. The van der Waals surface area contributed by atoms with Crippen molar-refractivity contribution < 1.29 is 0 Å². The van der Waals surface area contributed by atoms with Crippen LogP contribution in [0.15, 0.2) is 129 Å². The summed E-state index contributed by atoms with van der Waals surface area (Å²) in [7, 11) is -3.71. The molecule has 9 aromatic rings. The molecule has 75 heavy (non-hydrogen) atoms. The number of halogens is 1. The van der Waals surface area contributed by atoms with E-state index in [1.54, 1.807) is 0 Å². The molecule has 0 atom stereocenters. The van der Waals surface area contributed by atoms with E-state index in [0.717, 1.165) is 47.6 Å². The zero-order chi connectivity index (χ0) is 54.4. The lowest BCUT2D eigenvalue weighted by Crippen LogP contribution is -2.51. The van der Waals surface area contributed by atoms with Gasteiger partial charge in [0, 0.05) is 103 Å². The van der Waals surface area contributed by atoms with Crippen LogP contribution in [0.1, 0.15) is 167 Å². The Bertz CT molecular complexity index is 3190. The van der Waals surface area contributed by atoms with Crippen molar-refractivity contribution in [2.24, 2.45) is 0 Å². The molecule has 0 aromatic carbocycles. The van der Waals surface area contributed by atoms with Gasteiger partial charge in [-0.15, -0.1) is 0 Å². The molecule has 396 valence electrons. The van der Waals surface area contributed by atoms with Gasteiger partial charge in [0.2, 0.25) is 0 Å². The Morgan fingerprint density at radius 3 is 1.16 bits per heavy atom. The minimum Gasteiger partial charge on any atom is -0.358 e. The average molecular weight is 1060 g/mol. The molecule has 9 heterocycles. The van der Waals surface area contributed by atoms with Crippen molar-refractivity contribution in [2.75, 3.05) is 0 Å². The zero-order valence-electron chi connectivity index (χ0n) is 47.8. The second-order valence-corrected chi connectivity index (χ2v) is 35.1. The third-order valence-corrected chi connectivity index (χ3v) is 29.7. The van der Waals surface area contributed by atoms with Crippen molar-refractivity contribution in [1.82, 2.24) is 43.4 Å². The number of H-pyrrole nitrogens is 1. The zero-order valence-corrected chi connectivity index (χ0v) is 50.6. The first kappa shape index (κ1) is 57.0. The molecule has 0 saturated carbocycles. The Kier molecular flexibility index (Phi) is 18.6. The van der Waals surface area contributed by atoms with Crippen LogP contribution in [-0.2, 0) is 19.3 Å². The number of aromatic amines is 1. The average Bonchev–Trinajstić information content (AvgIpc) is 4.09. The number of aromatic nitrogens is 9. The van der Waals surface area contributed by atoms with Gasteiger partial charge < -0.3 is 13.4 Å². The summed E-state index contributed by atoms with van der Waals surface area (Å²) in [4.78, 5) is 30.7. The van der Waals surface area contributed by atoms with Crippen LogP contribution in [0, 0.1) is 0 Å². The van der Waals surface area contributed by atoms with E-state index in [9.17, 15) is 0 Å². The Balaban J connectivity index is 0.000000167. The highest BCUT2D eigenvalue weighted by Gasteiger charge is 2.47. The van der Waals surface area contributed by atoms with Gasteiger partial charge in [-0.05, 0) is 133 Å². The van der Waals surface area contributed by atoms with Crippen LogP contribution in [0.2, 0.25) is 38.4 Å². The molecule has 9 rings (SSSR count). The molecule has 0 spiro atoms. The fraction of sp³-hybridized carbons (Fsp3) is 0.429. The Labute approximate surface area is 455 Å². The van der Waals surface area contributed by atoms with Gasteiger partial charge in [0.1, 0.15) is 22.1 Å². The highest BCUT2D eigenvalue weighted by Crippen LogP contribution is 2.46. The fourth-order valence-electron chi connectivity index (χ4n) is 12.9. The molecule has 9 aromatic heterocycles. The van der Waals surface area contributed by atoms with Crippen LogP contribution >= 0.6 is 11.6 Å². The number of hydrogen-bond donors (Lipinski definition) is 1. The minimum absolute atomic E-state index is 0.463. The van der Waals surface area contributed by atoms with E-state index in [-0.39, 0.29) is 0 Å². The largest absolute Gasteiger partial charge is 0.358 e. The third-order valence-electron chi connectivity index (χ3n) is 16.1. The first-order chi connectivity index (χ1) is 35.7. The molecule has 0 aliphatic carbocycles. The third kappa shape index (κ3) is 12.0. The molecule has 0 fully saturated rings. The van der Waals surface area contributed by atoms with E-state index in [0.29, 0.717) is 50.2 Å². The van der Waals surface area contributed by atoms with Gasteiger partial charge in [0.15, 0.2) is 16.5 Å². The van der Waals surface area contributed by atoms with E-state index in [1.165, 1.54) is 49.5 Å². The molecule has 0 unspecified atom stereocenters. The fourth-order valence-corrected chi connectivity index (χ4v) is 26.2. The van der Waals surface area contributed by atoms with Crippen LogP contribution in [0.4, 0.5) is 0 Å². The molecule has 0 bridgehead atoms. The van der Waals surface area contributed by atoms with Crippen molar-refractivity contribution in [1.29, 1.82) is 0 Å².